The number of nitrogens with zero attached hydrogens (tertiary/aromatic N) is 2. The Balaban J connectivity index is 1.61. The average molecular weight is 378 g/mol. The van der Waals surface area contributed by atoms with Crippen molar-refractivity contribution in [2.45, 2.75) is 58.2 Å². The Morgan fingerprint density at radius 3 is 2.59 bits per heavy atom. The molecule has 0 aliphatic carbocycles. The summed E-state index contributed by atoms with van der Waals surface area (Å²) in [6.45, 7) is 8.77. The Bertz CT molecular complexity index is 666. The molecule has 1 saturated heterocycles. The summed E-state index contributed by atoms with van der Waals surface area (Å²) in [5.41, 5.74) is 1.16. The molecule has 27 heavy (non-hydrogen) atoms. The van der Waals surface area contributed by atoms with Gasteiger partial charge in [0, 0.05) is 37.4 Å². The molecule has 6 heteroatoms. The summed E-state index contributed by atoms with van der Waals surface area (Å²) < 4.78 is 19.1. The smallest absolute Gasteiger partial charge is 0.410 e. The number of hydrogen-bond acceptors (Lipinski definition) is 4. The third-order valence-electron chi connectivity index (χ3n) is 5.34. The molecule has 0 saturated carbocycles. The second-order valence-corrected chi connectivity index (χ2v) is 8.72. The van der Waals surface area contributed by atoms with Crippen LogP contribution >= 0.6 is 0 Å². The van der Waals surface area contributed by atoms with E-state index >= 15 is 0 Å². The van der Waals surface area contributed by atoms with Crippen LogP contribution in [-0.4, -0.2) is 47.9 Å². The third-order valence-corrected chi connectivity index (χ3v) is 5.34. The number of fused-ring (bicyclic) bond motifs is 1. The number of likely N-dealkylation sites (tertiary alicyclic amines) is 1. The van der Waals surface area contributed by atoms with Crippen LogP contribution in [0, 0.1) is 11.7 Å². The van der Waals surface area contributed by atoms with Gasteiger partial charge in [0.25, 0.3) is 0 Å². The fourth-order valence-electron chi connectivity index (χ4n) is 3.96. The van der Waals surface area contributed by atoms with E-state index in [2.05, 4.69) is 4.90 Å². The predicted molar refractivity (Wildman–Crippen MR) is 103 cm³/mol. The van der Waals surface area contributed by atoms with Crippen molar-refractivity contribution < 1.29 is 19.0 Å². The molecule has 2 aliphatic rings. The molecule has 2 aliphatic heterocycles. The van der Waals surface area contributed by atoms with E-state index in [4.69, 9.17) is 4.74 Å². The Hall–Kier alpha value is -1.82. The summed E-state index contributed by atoms with van der Waals surface area (Å²) in [7, 11) is 0. The largest absolute Gasteiger partial charge is 0.444 e. The zero-order chi connectivity index (χ0) is 19.6. The molecule has 2 heterocycles. The van der Waals surface area contributed by atoms with Gasteiger partial charge in [0.1, 0.15) is 11.4 Å². The number of piperidine rings is 1. The number of carbonyl (C=O) groups excluding carboxylic acids is 1. The highest BCUT2D eigenvalue weighted by molar-refractivity contribution is 5.68. The molecule has 0 spiro atoms. The first-order valence-corrected chi connectivity index (χ1v) is 9.93. The second kappa shape index (κ2) is 8.05. The molecule has 1 aromatic rings. The van der Waals surface area contributed by atoms with Crippen molar-refractivity contribution in [2.75, 3.05) is 31.1 Å². The van der Waals surface area contributed by atoms with Crippen LogP contribution < -0.4 is 4.90 Å². The number of ether oxygens (including phenoxy) is 1. The fraction of sp³-hybridized carbons (Fsp3) is 0.667. The minimum absolute atomic E-state index is 0.236. The highest BCUT2D eigenvalue weighted by Gasteiger charge is 2.29. The Morgan fingerprint density at radius 1 is 1.22 bits per heavy atom. The van der Waals surface area contributed by atoms with E-state index in [-0.39, 0.29) is 11.9 Å². The van der Waals surface area contributed by atoms with E-state index in [9.17, 15) is 14.3 Å². The van der Waals surface area contributed by atoms with Crippen molar-refractivity contribution in [1.82, 2.24) is 4.90 Å². The summed E-state index contributed by atoms with van der Waals surface area (Å²) in [4.78, 5) is 16.3. The highest BCUT2D eigenvalue weighted by atomic mass is 19.1. The van der Waals surface area contributed by atoms with Crippen LogP contribution in [0.3, 0.4) is 0 Å². The van der Waals surface area contributed by atoms with Crippen molar-refractivity contribution in [2.24, 2.45) is 5.92 Å². The first kappa shape index (κ1) is 19.9. The molecule has 1 N–H and O–H groups in total. The van der Waals surface area contributed by atoms with Gasteiger partial charge in [0.15, 0.2) is 0 Å². The number of rotatable bonds is 2. The van der Waals surface area contributed by atoms with Crippen LogP contribution in [0.2, 0.25) is 0 Å². The van der Waals surface area contributed by atoms with Crippen molar-refractivity contribution in [3.05, 3.63) is 29.6 Å². The number of anilines is 1. The van der Waals surface area contributed by atoms with E-state index in [1.807, 2.05) is 20.8 Å². The van der Waals surface area contributed by atoms with Gasteiger partial charge in [-0.15, -0.1) is 0 Å². The van der Waals surface area contributed by atoms with Crippen molar-refractivity contribution in [3.63, 3.8) is 0 Å². The lowest BCUT2D eigenvalue weighted by Gasteiger charge is -2.36. The first-order valence-electron chi connectivity index (χ1n) is 9.93. The number of amides is 1. The summed E-state index contributed by atoms with van der Waals surface area (Å²) in [5, 5.41) is 10.3. The summed E-state index contributed by atoms with van der Waals surface area (Å²) >= 11 is 0. The molecule has 0 radical (unpaired) electrons. The molecule has 1 fully saturated rings. The maximum Gasteiger partial charge on any atom is 0.410 e. The SMILES string of the molecule is CC(C)(C)OC(=O)N1CCC(CN2CCC[C@@H](O)c3cc(F)ccc32)CC1. The summed E-state index contributed by atoms with van der Waals surface area (Å²) in [6, 6.07) is 4.72. The number of aliphatic hydroxyl groups is 1. The Morgan fingerprint density at radius 2 is 1.93 bits per heavy atom. The van der Waals surface area contributed by atoms with Gasteiger partial charge < -0.3 is 19.6 Å². The second-order valence-electron chi connectivity index (χ2n) is 8.72. The third kappa shape index (κ3) is 5.12. The van der Waals surface area contributed by atoms with E-state index in [1.54, 1.807) is 11.0 Å². The normalized spacial score (nSPS) is 21.6. The van der Waals surface area contributed by atoms with Crippen LogP contribution in [0.15, 0.2) is 18.2 Å². The number of aliphatic hydroxyl groups excluding tert-OH is 1. The lowest BCUT2D eigenvalue weighted by Crippen LogP contribution is -2.44. The van der Waals surface area contributed by atoms with Crippen molar-refractivity contribution >= 4 is 11.8 Å². The van der Waals surface area contributed by atoms with Crippen LogP contribution in [0.4, 0.5) is 14.9 Å². The van der Waals surface area contributed by atoms with Gasteiger partial charge in [-0.25, -0.2) is 9.18 Å². The Kier molecular flexibility index (Phi) is 5.94. The highest BCUT2D eigenvalue weighted by Crippen LogP contribution is 2.34. The Labute approximate surface area is 161 Å². The van der Waals surface area contributed by atoms with E-state index in [1.165, 1.54) is 12.1 Å². The minimum Gasteiger partial charge on any atom is -0.444 e. The molecule has 1 atom stereocenters. The van der Waals surface area contributed by atoms with E-state index in [0.717, 1.165) is 38.0 Å². The zero-order valence-electron chi connectivity index (χ0n) is 16.6. The molecular weight excluding hydrogens is 347 g/mol. The summed E-state index contributed by atoms with van der Waals surface area (Å²) in [6.07, 6.45) is 2.55. The van der Waals surface area contributed by atoms with Gasteiger partial charge in [-0.2, -0.15) is 0 Å². The first-order chi connectivity index (χ1) is 12.7. The molecule has 1 aromatic carbocycles. The maximum absolute atomic E-state index is 13.6. The molecule has 1 amide bonds. The average Bonchev–Trinajstić information content (AvgIpc) is 2.73. The van der Waals surface area contributed by atoms with Crippen LogP contribution in [-0.2, 0) is 4.74 Å². The van der Waals surface area contributed by atoms with Crippen LogP contribution in [0.1, 0.15) is 58.1 Å². The van der Waals surface area contributed by atoms with Crippen LogP contribution in [0.5, 0.6) is 0 Å². The van der Waals surface area contributed by atoms with Gasteiger partial charge in [-0.1, -0.05) is 0 Å². The van der Waals surface area contributed by atoms with Gasteiger partial charge in [0.05, 0.1) is 6.10 Å². The lowest BCUT2D eigenvalue weighted by molar-refractivity contribution is 0.0186. The topological polar surface area (TPSA) is 53.0 Å². The summed E-state index contributed by atoms with van der Waals surface area (Å²) in [5.74, 6) is 0.164. The standard InChI is InChI=1S/C21H31FN2O3/c1-21(2,3)27-20(26)23-11-8-15(9-12-23)14-24-10-4-5-19(25)17-13-16(22)6-7-18(17)24/h6-7,13,15,19,25H,4-5,8-12,14H2,1-3H3/t19-/m1/s1. The van der Waals surface area contributed by atoms with Gasteiger partial charge in [-0.05, 0) is 70.6 Å². The molecule has 0 unspecified atom stereocenters. The van der Waals surface area contributed by atoms with Gasteiger partial charge in [0.2, 0.25) is 0 Å². The number of carbonyl (C=O) groups is 1. The van der Waals surface area contributed by atoms with Crippen LogP contribution in [0.25, 0.3) is 0 Å². The molecule has 150 valence electrons. The molecule has 0 aromatic heterocycles. The zero-order valence-corrected chi connectivity index (χ0v) is 16.6. The van der Waals surface area contributed by atoms with Crippen molar-refractivity contribution in [1.29, 1.82) is 0 Å². The number of halogens is 1. The van der Waals surface area contributed by atoms with E-state index < -0.39 is 11.7 Å². The number of benzene rings is 1. The van der Waals surface area contributed by atoms with Gasteiger partial charge in [-0.3, -0.25) is 0 Å². The number of hydrogen-bond donors (Lipinski definition) is 1. The fourth-order valence-corrected chi connectivity index (χ4v) is 3.96. The lowest BCUT2D eigenvalue weighted by atomic mass is 9.96. The monoisotopic (exact) mass is 378 g/mol. The quantitative estimate of drug-likeness (QED) is 0.842. The molecular formula is C21H31FN2O3. The van der Waals surface area contributed by atoms with Crippen molar-refractivity contribution in [3.8, 4) is 0 Å². The molecule has 0 bridgehead atoms. The molecule has 3 rings (SSSR count). The molecule has 5 nitrogen and oxygen atoms in total. The minimum atomic E-state index is -0.602. The van der Waals surface area contributed by atoms with Gasteiger partial charge >= 0.3 is 6.09 Å². The predicted octanol–water partition coefficient (Wildman–Crippen LogP) is 4.11. The van der Waals surface area contributed by atoms with E-state index in [0.29, 0.717) is 31.0 Å². The maximum atomic E-state index is 13.6.